The molecule has 4 amide bonds. The zero-order valence-electron chi connectivity index (χ0n) is 55.9. The number of para-hydroxylation sites is 1. The maximum absolute atomic E-state index is 14.6. The van der Waals surface area contributed by atoms with Crippen LogP contribution < -0.4 is 25.0 Å². The minimum absolute atomic E-state index is 0.388. The molecule has 91 heavy (non-hydrogen) atoms. The summed E-state index contributed by atoms with van der Waals surface area (Å²) in [6, 6.07) is 41.7. The molecule has 0 aliphatic carbocycles. The van der Waals surface area contributed by atoms with Crippen molar-refractivity contribution in [3.63, 3.8) is 0 Å². The van der Waals surface area contributed by atoms with Gasteiger partial charge in [0.05, 0.1) is 44.8 Å². The lowest BCUT2D eigenvalue weighted by atomic mass is 9.95. The van der Waals surface area contributed by atoms with Crippen molar-refractivity contribution in [2.75, 3.05) is 33.5 Å². The lowest BCUT2D eigenvalue weighted by Gasteiger charge is -2.29. The molecule has 2 aromatic heterocycles. The summed E-state index contributed by atoms with van der Waals surface area (Å²) < 4.78 is 25.8. The Labute approximate surface area is 535 Å². The monoisotopic (exact) mass is 1230 g/mol. The summed E-state index contributed by atoms with van der Waals surface area (Å²) in [5, 5.41) is 5.98. The summed E-state index contributed by atoms with van der Waals surface area (Å²) in [4.78, 5) is 74.7. The molecular weight excluding hydrogens is 1140 g/mol. The topological polar surface area (TPSA) is 178 Å². The van der Waals surface area contributed by atoms with E-state index in [9.17, 15) is 19.2 Å². The molecule has 9 rings (SSSR count). The van der Waals surface area contributed by atoms with Crippen LogP contribution in [0.15, 0.2) is 127 Å². The number of carbonyl (C=O) groups excluding carboxylic acids is 4. The molecule has 476 valence electrons. The number of anilines is 4. The minimum atomic E-state index is -0.771. The molecule has 16 nitrogen and oxygen atoms in total. The van der Waals surface area contributed by atoms with Gasteiger partial charge in [0.15, 0.2) is 0 Å². The van der Waals surface area contributed by atoms with E-state index in [1.54, 1.807) is 9.80 Å². The van der Waals surface area contributed by atoms with E-state index in [1.807, 2.05) is 238 Å². The first-order valence-corrected chi connectivity index (χ1v) is 31.7. The molecule has 0 saturated carbocycles. The van der Waals surface area contributed by atoms with Crippen LogP contribution in [0.25, 0.3) is 72.1 Å². The molecule has 0 aliphatic rings. The Morgan fingerprint density at radius 2 is 0.868 bits per heavy atom. The van der Waals surface area contributed by atoms with Crippen molar-refractivity contribution in [2.24, 2.45) is 0 Å². The van der Waals surface area contributed by atoms with E-state index in [0.29, 0.717) is 64.3 Å². The number of aromatic nitrogens is 4. The van der Waals surface area contributed by atoms with E-state index in [4.69, 9.17) is 33.9 Å². The Bertz CT molecular complexity index is 4190. The van der Waals surface area contributed by atoms with Crippen LogP contribution in [-0.2, 0) is 18.9 Å². The molecule has 0 saturated heterocycles. The quantitative estimate of drug-likeness (QED) is 0.0384. The van der Waals surface area contributed by atoms with E-state index >= 15 is 0 Å². The average molecular weight is 1230 g/mol. The molecule has 0 radical (unpaired) electrons. The second-order valence-electron chi connectivity index (χ2n) is 27.6. The van der Waals surface area contributed by atoms with Gasteiger partial charge in [-0.3, -0.25) is 20.4 Å². The Kier molecular flexibility index (Phi) is 19.7. The van der Waals surface area contributed by atoms with E-state index in [0.717, 1.165) is 111 Å². The maximum Gasteiger partial charge on any atom is 0.414 e. The number of ether oxygens (including phenoxy) is 4. The summed E-state index contributed by atoms with van der Waals surface area (Å²) in [5.74, 6) is 0. The van der Waals surface area contributed by atoms with Crippen LogP contribution in [0.4, 0.5) is 41.9 Å². The van der Waals surface area contributed by atoms with Crippen molar-refractivity contribution in [1.82, 2.24) is 15.0 Å². The molecule has 0 unspecified atom stereocenters. The molecule has 0 atom stereocenters. The normalized spacial score (nSPS) is 12.1. The smallest absolute Gasteiger partial charge is 0.414 e. The number of aryl methyl sites for hydroxylation is 4. The fraction of sp³-hybridized carbons (Fsp3) is 0.387. The number of benzene rings is 7. The summed E-state index contributed by atoms with van der Waals surface area (Å²) in [5.41, 5.74) is 13.0. The van der Waals surface area contributed by atoms with Gasteiger partial charge in [-0.2, -0.15) is 0 Å². The van der Waals surface area contributed by atoms with Crippen molar-refractivity contribution < 1.29 is 42.7 Å². The van der Waals surface area contributed by atoms with Crippen molar-refractivity contribution >= 4 is 91.3 Å². The van der Waals surface area contributed by atoms with Gasteiger partial charge in [0.25, 0.3) is 0 Å². The fourth-order valence-corrected chi connectivity index (χ4v) is 11.3. The minimum Gasteiger partial charge on any atom is -0.444 e. The van der Waals surface area contributed by atoms with Gasteiger partial charge in [0, 0.05) is 48.5 Å². The fourth-order valence-electron chi connectivity index (χ4n) is 11.3. The van der Waals surface area contributed by atoms with Gasteiger partial charge >= 0.3 is 24.4 Å². The number of hydrogen-bond acceptors (Lipinski definition) is 11. The number of unbranched alkanes of at least 4 members (excludes halogenated alkanes) is 6. The number of nitrogens with one attached hydrogen (secondary N) is 2. The summed E-state index contributed by atoms with van der Waals surface area (Å²) in [7, 11) is 0. The van der Waals surface area contributed by atoms with Crippen LogP contribution in [-0.4, -0.2) is 74.8 Å². The lowest BCUT2D eigenvalue weighted by molar-refractivity contribution is -0.538. The number of nitrogens with zero attached hydrogens (tertiary/aromatic N) is 6. The standard InChI is InChI=1S/C75H88N8O8/c1-47-31-25-27-35-52(47)54-43-58-59(44-57(54)80-69(85)89-73(8,9)10)78-67-55(76-58)37-38-62(66(67)53-36-28-26-32-48(53)2)81(70(86)90-74(11,12)13)39-29-20-18-17-19-21-30-40-82(71(87)91-75(14,15)16)63-46-65-61(42-50(63)4)77-60-41-49(3)56(79-68(84)88-72(5,6)7)45-64(60)83(65)51-33-23-22-24-34-51/h22-28,31-38,41-46H,17-21,29-30,39-40H2,1-16H3,(H,78,80,85)/p+1. The van der Waals surface area contributed by atoms with Crippen molar-refractivity contribution in [3.05, 3.63) is 150 Å². The zero-order valence-corrected chi connectivity index (χ0v) is 55.9. The highest BCUT2D eigenvalue weighted by Crippen LogP contribution is 2.42. The van der Waals surface area contributed by atoms with E-state index in [-0.39, 0.29) is 0 Å². The van der Waals surface area contributed by atoms with Crippen molar-refractivity contribution in [2.45, 2.75) is 178 Å². The van der Waals surface area contributed by atoms with Gasteiger partial charge in [-0.15, -0.1) is 4.57 Å². The van der Waals surface area contributed by atoms with Crippen LogP contribution in [0.2, 0.25) is 0 Å². The van der Waals surface area contributed by atoms with Gasteiger partial charge in [0.2, 0.25) is 16.7 Å². The van der Waals surface area contributed by atoms with Gasteiger partial charge in [-0.25, -0.2) is 34.1 Å². The molecule has 7 aromatic carbocycles. The number of amides is 4. The number of hydrogen-bond donors (Lipinski definition) is 2. The molecule has 16 heteroatoms. The van der Waals surface area contributed by atoms with Gasteiger partial charge in [-0.1, -0.05) is 98.8 Å². The van der Waals surface area contributed by atoms with Gasteiger partial charge < -0.3 is 18.9 Å². The highest BCUT2D eigenvalue weighted by Gasteiger charge is 2.31. The van der Waals surface area contributed by atoms with E-state index < -0.39 is 46.8 Å². The summed E-state index contributed by atoms with van der Waals surface area (Å²) in [6.45, 7) is 31.1. The third-order valence-corrected chi connectivity index (χ3v) is 15.3. The molecule has 0 bridgehead atoms. The lowest BCUT2D eigenvalue weighted by Crippen LogP contribution is -2.38. The predicted octanol–water partition coefficient (Wildman–Crippen LogP) is 18.9. The first-order valence-electron chi connectivity index (χ1n) is 31.7. The molecule has 0 aliphatic heterocycles. The van der Waals surface area contributed by atoms with Crippen molar-refractivity contribution in [3.8, 4) is 27.9 Å². The summed E-state index contributed by atoms with van der Waals surface area (Å²) >= 11 is 0. The maximum atomic E-state index is 14.6. The second-order valence-corrected chi connectivity index (χ2v) is 27.6. The Balaban J connectivity index is 0.955. The highest BCUT2D eigenvalue weighted by atomic mass is 16.6. The number of carbonyl (C=O) groups is 4. The summed E-state index contributed by atoms with van der Waals surface area (Å²) in [6.07, 6.45) is 3.95. The molecule has 0 fully saturated rings. The van der Waals surface area contributed by atoms with Crippen molar-refractivity contribution in [1.29, 1.82) is 0 Å². The first-order chi connectivity index (χ1) is 42.9. The Morgan fingerprint density at radius 3 is 1.42 bits per heavy atom. The van der Waals surface area contributed by atoms with Gasteiger partial charge in [0.1, 0.15) is 33.4 Å². The third kappa shape index (κ3) is 16.6. The SMILES string of the molecule is Cc1cc2nc3cc(C)c(N(CCCCCCCCCN(C(=O)OC(C)(C)C)c4ccc5nc6cc(-c7ccccc7C)c(NC(=O)OC(C)(C)C)cc6nc5c4-c4ccccc4C)C(=O)OC(C)(C)C)cc3[n+](-c3ccccc3)c2cc1NC(=O)OC(C)(C)C. The van der Waals surface area contributed by atoms with E-state index in [2.05, 4.69) is 15.2 Å². The van der Waals surface area contributed by atoms with Crippen LogP contribution in [0.5, 0.6) is 0 Å². The van der Waals surface area contributed by atoms with Crippen LogP contribution >= 0.6 is 0 Å². The molecule has 2 N–H and O–H groups in total. The molecule has 9 aromatic rings. The zero-order chi connectivity index (χ0) is 65.7. The molecular formula is C75H89N8O8+. The van der Waals surface area contributed by atoms with Crippen LogP contribution in [0.3, 0.4) is 0 Å². The van der Waals surface area contributed by atoms with Crippen LogP contribution in [0, 0.1) is 27.7 Å². The Morgan fingerprint density at radius 1 is 0.407 bits per heavy atom. The second kappa shape index (κ2) is 27.1. The average Bonchev–Trinajstić information content (AvgIpc) is 0.758. The number of fused-ring (bicyclic) bond motifs is 4. The largest absolute Gasteiger partial charge is 0.444 e. The van der Waals surface area contributed by atoms with Crippen LogP contribution in [0.1, 0.15) is 150 Å². The third-order valence-electron chi connectivity index (χ3n) is 15.3. The number of rotatable bonds is 17. The van der Waals surface area contributed by atoms with Gasteiger partial charge in [-0.05, 0) is 193 Å². The Hall–Kier alpha value is -9.18. The first kappa shape index (κ1) is 66.2. The molecule has 2 heterocycles. The predicted molar refractivity (Wildman–Crippen MR) is 367 cm³/mol. The molecule has 0 spiro atoms. The van der Waals surface area contributed by atoms with E-state index in [1.165, 1.54) is 0 Å². The highest BCUT2D eigenvalue weighted by molar-refractivity contribution is 6.07.